The molecule has 0 fully saturated rings. The van der Waals surface area contributed by atoms with Gasteiger partial charge in [0.15, 0.2) is 5.96 Å². The minimum absolute atomic E-state index is 0.296. The van der Waals surface area contributed by atoms with Crippen molar-refractivity contribution in [1.29, 1.82) is 0 Å². The molecule has 0 saturated carbocycles. The lowest BCUT2D eigenvalue weighted by Crippen LogP contribution is -2.37. The molecule has 0 spiro atoms. The zero-order chi connectivity index (χ0) is 18.9. The van der Waals surface area contributed by atoms with Crippen LogP contribution in [0.5, 0.6) is 5.75 Å². The summed E-state index contributed by atoms with van der Waals surface area (Å²) in [6.07, 6.45) is 3.56. The Kier molecular flexibility index (Phi) is 6.46. The van der Waals surface area contributed by atoms with Gasteiger partial charge in [-0.2, -0.15) is 0 Å². The lowest BCUT2D eigenvalue weighted by atomic mass is 10.1. The number of benzene rings is 2. The lowest BCUT2D eigenvalue weighted by Gasteiger charge is -2.10. The van der Waals surface area contributed by atoms with Crippen LogP contribution in [0.1, 0.15) is 17.7 Å². The normalized spacial score (nSPS) is 11.4. The van der Waals surface area contributed by atoms with Gasteiger partial charge >= 0.3 is 0 Å². The van der Waals surface area contributed by atoms with E-state index in [9.17, 15) is 5.11 Å². The third-order valence-electron chi connectivity index (χ3n) is 4.10. The number of hydrogen-bond donors (Lipinski definition) is 3. The molecule has 0 aliphatic heterocycles. The van der Waals surface area contributed by atoms with Crippen LogP contribution >= 0.6 is 0 Å². The van der Waals surface area contributed by atoms with Crippen molar-refractivity contribution in [3.63, 3.8) is 0 Å². The van der Waals surface area contributed by atoms with E-state index in [2.05, 4.69) is 20.6 Å². The molecule has 0 saturated heterocycles. The summed E-state index contributed by atoms with van der Waals surface area (Å²) in [7, 11) is 1.74. The second-order valence-corrected chi connectivity index (χ2v) is 6.13. The number of aromatic nitrogens is 1. The summed E-state index contributed by atoms with van der Waals surface area (Å²) < 4.78 is 5.54. The first-order valence-electron chi connectivity index (χ1n) is 8.97. The van der Waals surface area contributed by atoms with Gasteiger partial charge < -0.3 is 20.2 Å². The topological polar surface area (TPSA) is 82.7 Å². The van der Waals surface area contributed by atoms with Crippen LogP contribution in [0.15, 0.2) is 70.3 Å². The van der Waals surface area contributed by atoms with Gasteiger partial charge in [0.05, 0.1) is 12.2 Å². The highest BCUT2D eigenvalue weighted by atomic mass is 16.3. The fourth-order valence-electron chi connectivity index (χ4n) is 2.66. The molecular formula is C21H24N4O2. The molecule has 6 nitrogen and oxygen atoms in total. The van der Waals surface area contributed by atoms with E-state index >= 15 is 0 Å². The molecule has 0 bridgehead atoms. The van der Waals surface area contributed by atoms with Crippen molar-refractivity contribution in [2.75, 3.05) is 13.6 Å². The molecule has 3 rings (SSSR count). The van der Waals surface area contributed by atoms with Gasteiger partial charge in [-0.25, -0.2) is 4.98 Å². The molecule has 0 aliphatic carbocycles. The number of guanidine groups is 1. The van der Waals surface area contributed by atoms with Crippen LogP contribution in [0.4, 0.5) is 0 Å². The van der Waals surface area contributed by atoms with Crippen molar-refractivity contribution >= 4 is 5.96 Å². The molecule has 140 valence electrons. The van der Waals surface area contributed by atoms with Crippen molar-refractivity contribution in [2.24, 2.45) is 4.99 Å². The Morgan fingerprint density at radius 1 is 1.07 bits per heavy atom. The minimum atomic E-state index is 0.296. The number of aliphatic imine (C=N–C) groups is 1. The SMILES string of the molecule is CN=C(NCCCc1ccc(O)cc1)NCc1coc(-c2ccccc2)n1. The molecule has 2 aromatic carbocycles. The smallest absolute Gasteiger partial charge is 0.226 e. The summed E-state index contributed by atoms with van der Waals surface area (Å²) in [6.45, 7) is 1.34. The Hall–Kier alpha value is -3.28. The summed E-state index contributed by atoms with van der Waals surface area (Å²) in [6, 6.07) is 17.1. The number of aromatic hydroxyl groups is 1. The molecule has 3 aromatic rings. The Balaban J connectivity index is 1.41. The summed E-state index contributed by atoms with van der Waals surface area (Å²) in [5, 5.41) is 15.8. The number of aryl methyl sites for hydroxylation is 1. The highest BCUT2D eigenvalue weighted by molar-refractivity contribution is 5.79. The number of nitrogens with one attached hydrogen (secondary N) is 2. The summed E-state index contributed by atoms with van der Waals surface area (Å²) in [5.74, 6) is 1.64. The predicted octanol–water partition coefficient (Wildman–Crippen LogP) is 3.35. The molecule has 0 unspecified atom stereocenters. The van der Waals surface area contributed by atoms with E-state index in [-0.39, 0.29) is 0 Å². The Bertz CT molecular complexity index is 857. The Labute approximate surface area is 159 Å². The second kappa shape index (κ2) is 9.43. The summed E-state index contributed by atoms with van der Waals surface area (Å²) >= 11 is 0. The van der Waals surface area contributed by atoms with E-state index in [0.29, 0.717) is 18.2 Å². The van der Waals surface area contributed by atoms with Crippen molar-refractivity contribution < 1.29 is 9.52 Å². The monoisotopic (exact) mass is 364 g/mol. The fraction of sp³-hybridized carbons (Fsp3) is 0.238. The average Bonchev–Trinajstić information content (AvgIpc) is 3.18. The van der Waals surface area contributed by atoms with Crippen molar-refractivity contribution in [3.05, 3.63) is 72.1 Å². The molecule has 1 heterocycles. The van der Waals surface area contributed by atoms with Gasteiger partial charge in [-0.3, -0.25) is 4.99 Å². The first-order valence-corrected chi connectivity index (χ1v) is 8.97. The summed E-state index contributed by atoms with van der Waals surface area (Å²) in [4.78, 5) is 8.72. The number of phenolic OH excluding ortho intramolecular Hbond substituents is 1. The van der Waals surface area contributed by atoms with E-state index in [1.165, 1.54) is 5.56 Å². The Morgan fingerprint density at radius 3 is 2.59 bits per heavy atom. The molecule has 0 amide bonds. The van der Waals surface area contributed by atoms with E-state index in [0.717, 1.165) is 36.6 Å². The van der Waals surface area contributed by atoms with Gasteiger partial charge in [-0.15, -0.1) is 0 Å². The highest BCUT2D eigenvalue weighted by Gasteiger charge is 2.07. The number of nitrogens with zero attached hydrogens (tertiary/aromatic N) is 2. The van der Waals surface area contributed by atoms with E-state index in [1.54, 1.807) is 25.4 Å². The molecule has 0 aliphatic rings. The van der Waals surface area contributed by atoms with Crippen molar-refractivity contribution in [3.8, 4) is 17.2 Å². The maximum atomic E-state index is 9.30. The van der Waals surface area contributed by atoms with Gasteiger partial charge in [-0.1, -0.05) is 30.3 Å². The number of rotatable bonds is 7. The van der Waals surface area contributed by atoms with Crippen LogP contribution in [-0.4, -0.2) is 29.6 Å². The second-order valence-electron chi connectivity index (χ2n) is 6.13. The molecule has 3 N–H and O–H groups in total. The zero-order valence-electron chi connectivity index (χ0n) is 15.4. The van der Waals surface area contributed by atoms with Gasteiger partial charge in [0, 0.05) is 19.2 Å². The molecule has 0 atom stereocenters. The maximum absolute atomic E-state index is 9.30. The van der Waals surface area contributed by atoms with E-state index in [4.69, 9.17) is 4.42 Å². The molecular weight excluding hydrogens is 340 g/mol. The standard InChI is InChI=1S/C21H24N4O2/c1-22-21(23-13-5-6-16-9-11-19(26)12-10-16)24-14-18-15-27-20(25-18)17-7-3-2-4-8-17/h2-4,7-12,15,26H,5-6,13-14H2,1H3,(H2,22,23,24). The summed E-state index contributed by atoms with van der Waals surface area (Å²) in [5.41, 5.74) is 2.98. The molecule has 1 aromatic heterocycles. The van der Waals surface area contributed by atoms with E-state index in [1.807, 2.05) is 42.5 Å². The van der Waals surface area contributed by atoms with Crippen molar-refractivity contribution in [1.82, 2.24) is 15.6 Å². The third-order valence-corrected chi connectivity index (χ3v) is 4.10. The van der Waals surface area contributed by atoms with Crippen LogP contribution in [0.25, 0.3) is 11.5 Å². The van der Waals surface area contributed by atoms with Gasteiger partial charge in [-0.05, 0) is 42.7 Å². The number of phenols is 1. The van der Waals surface area contributed by atoms with Crippen molar-refractivity contribution in [2.45, 2.75) is 19.4 Å². The first kappa shape index (κ1) is 18.5. The predicted molar refractivity (Wildman–Crippen MR) is 107 cm³/mol. The maximum Gasteiger partial charge on any atom is 0.226 e. The molecule has 6 heteroatoms. The quantitative estimate of drug-likeness (QED) is 0.340. The Morgan fingerprint density at radius 2 is 1.85 bits per heavy atom. The largest absolute Gasteiger partial charge is 0.508 e. The lowest BCUT2D eigenvalue weighted by molar-refractivity contribution is 0.475. The van der Waals surface area contributed by atoms with Crippen LogP contribution < -0.4 is 10.6 Å². The van der Waals surface area contributed by atoms with Crippen LogP contribution in [-0.2, 0) is 13.0 Å². The first-order chi connectivity index (χ1) is 13.2. The average molecular weight is 364 g/mol. The molecule has 0 radical (unpaired) electrons. The molecule has 27 heavy (non-hydrogen) atoms. The van der Waals surface area contributed by atoms with Gasteiger partial charge in [0.1, 0.15) is 12.0 Å². The van der Waals surface area contributed by atoms with Crippen LogP contribution in [0, 0.1) is 0 Å². The third kappa shape index (κ3) is 5.60. The zero-order valence-corrected chi connectivity index (χ0v) is 15.4. The number of hydrogen-bond acceptors (Lipinski definition) is 4. The van der Waals surface area contributed by atoms with E-state index < -0.39 is 0 Å². The highest BCUT2D eigenvalue weighted by Crippen LogP contribution is 2.17. The number of oxazole rings is 1. The minimum Gasteiger partial charge on any atom is -0.508 e. The van der Waals surface area contributed by atoms with Gasteiger partial charge in [0.2, 0.25) is 5.89 Å². The van der Waals surface area contributed by atoms with Crippen LogP contribution in [0.2, 0.25) is 0 Å². The van der Waals surface area contributed by atoms with Gasteiger partial charge in [0.25, 0.3) is 0 Å². The van der Waals surface area contributed by atoms with Crippen LogP contribution in [0.3, 0.4) is 0 Å². The fourth-order valence-corrected chi connectivity index (χ4v) is 2.66.